The topological polar surface area (TPSA) is 0 Å². The number of rotatable bonds is 0. The Morgan fingerprint density at radius 1 is 1.50 bits per heavy atom. The summed E-state index contributed by atoms with van der Waals surface area (Å²) >= 11 is 0. The molecule has 2 heteroatoms. The second kappa shape index (κ2) is 0.776. The first-order chi connectivity index (χ1) is 1.89. The third-order valence-electron chi connectivity index (χ3n) is 0.302. The molecular formula is C2H4P2. The van der Waals surface area contributed by atoms with Gasteiger partial charge in [-0.1, -0.05) is 23.1 Å². The smallest absolute Gasteiger partial charge is 0.0269 e. The van der Waals surface area contributed by atoms with Gasteiger partial charge in [0.05, 0.1) is 0 Å². The molecule has 1 rings (SSSR count). The van der Waals surface area contributed by atoms with E-state index in [-0.39, 0.29) is 0 Å². The van der Waals surface area contributed by atoms with Crippen LogP contribution in [0.25, 0.3) is 0 Å². The van der Waals surface area contributed by atoms with Gasteiger partial charge < -0.3 is 0 Å². The minimum Gasteiger partial charge on any atom is -0.0907 e. The highest BCUT2D eigenvalue weighted by Gasteiger charge is 2.03. The van der Waals surface area contributed by atoms with Crippen molar-refractivity contribution in [3.05, 3.63) is 11.6 Å². The summed E-state index contributed by atoms with van der Waals surface area (Å²) in [6, 6.07) is 0. The van der Waals surface area contributed by atoms with Crippen LogP contribution < -0.4 is 0 Å². The summed E-state index contributed by atoms with van der Waals surface area (Å²) in [5.74, 6) is 0. The van der Waals surface area contributed by atoms with E-state index in [9.17, 15) is 0 Å². The third kappa shape index (κ3) is 0.514. The Hall–Kier alpha value is 0.600. The summed E-state index contributed by atoms with van der Waals surface area (Å²) in [6.07, 6.45) is 0. The summed E-state index contributed by atoms with van der Waals surface area (Å²) in [4.78, 5) is 0. The molecule has 0 saturated carbocycles. The van der Waals surface area contributed by atoms with Crippen LogP contribution in [0.5, 0.6) is 0 Å². The lowest BCUT2D eigenvalue weighted by atomic mass is 11.3. The normalized spacial score (nSPS) is 33.5. The molecule has 0 amide bonds. The van der Waals surface area contributed by atoms with Gasteiger partial charge in [-0.2, -0.15) is 0 Å². The van der Waals surface area contributed by atoms with E-state index < -0.39 is 0 Å². The van der Waals surface area contributed by atoms with Crippen LogP contribution in [0.15, 0.2) is 11.6 Å². The van der Waals surface area contributed by atoms with E-state index in [0.29, 0.717) is 0 Å². The van der Waals surface area contributed by atoms with E-state index >= 15 is 0 Å². The largest absolute Gasteiger partial charge is 0.0907 e. The Bertz CT molecular complexity index is 42.0. The van der Waals surface area contributed by atoms with E-state index in [1.165, 1.54) is 5.06 Å². The highest BCUT2D eigenvalue weighted by atomic mass is 32.1. The second-order valence-electron chi connectivity index (χ2n) is 0.729. The van der Waals surface area contributed by atoms with Crippen molar-refractivity contribution >= 4 is 16.5 Å². The summed E-state index contributed by atoms with van der Waals surface area (Å²) in [5, 5.41) is 1.47. The zero-order chi connectivity index (χ0) is 2.99. The maximum Gasteiger partial charge on any atom is -0.0269 e. The molecule has 2 unspecified atom stereocenters. The summed E-state index contributed by atoms with van der Waals surface area (Å²) in [5.41, 5.74) is 0. The molecule has 1 aliphatic rings. The van der Waals surface area contributed by atoms with Crippen molar-refractivity contribution in [2.75, 3.05) is 0 Å². The zero-order valence-electron chi connectivity index (χ0n) is 2.21. The van der Waals surface area contributed by atoms with Crippen LogP contribution in [0, 0.1) is 0 Å². The van der Waals surface area contributed by atoms with Crippen LogP contribution in [0.3, 0.4) is 0 Å². The molecule has 2 atom stereocenters. The monoisotopic (exact) mass is 90.0 g/mol. The summed E-state index contributed by atoms with van der Waals surface area (Å²) in [6.45, 7) is 3.69. The van der Waals surface area contributed by atoms with Gasteiger partial charge in [0.1, 0.15) is 0 Å². The maximum atomic E-state index is 3.69. The minimum atomic E-state index is 1.14. The first-order valence-corrected chi connectivity index (χ1v) is 4.10. The lowest BCUT2D eigenvalue weighted by molar-refractivity contribution is 2.59. The summed E-state index contributed by atoms with van der Waals surface area (Å²) < 4.78 is 0. The van der Waals surface area contributed by atoms with Crippen molar-refractivity contribution in [2.45, 2.75) is 0 Å². The predicted molar refractivity (Wildman–Crippen MR) is 25.8 cm³/mol. The van der Waals surface area contributed by atoms with Crippen molar-refractivity contribution in [1.29, 1.82) is 0 Å². The van der Waals surface area contributed by atoms with Gasteiger partial charge in [-0.15, -0.1) is 0 Å². The van der Waals surface area contributed by atoms with E-state index in [0.717, 1.165) is 16.5 Å². The molecule has 22 valence electrons. The van der Waals surface area contributed by atoms with Gasteiger partial charge in [-0.25, -0.2) is 0 Å². The fourth-order valence-corrected chi connectivity index (χ4v) is 0.398. The second-order valence-corrected chi connectivity index (χ2v) is 4.44. The number of hydrogen-bond acceptors (Lipinski definition) is 0. The average molecular weight is 90.0 g/mol. The van der Waals surface area contributed by atoms with E-state index in [1.807, 2.05) is 0 Å². The van der Waals surface area contributed by atoms with Crippen LogP contribution in [0.2, 0.25) is 0 Å². The van der Waals surface area contributed by atoms with Crippen molar-refractivity contribution in [3.8, 4) is 0 Å². The van der Waals surface area contributed by atoms with Crippen molar-refractivity contribution < 1.29 is 0 Å². The molecular weight excluding hydrogens is 86.0 g/mol. The Morgan fingerprint density at radius 3 is 1.75 bits per heavy atom. The Morgan fingerprint density at radius 2 is 1.75 bits per heavy atom. The first kappa shape index (κ1) is 2.82. The molecule has 0 nitrogen and oxygen atoms in total. The van der Waals surface area contributed by atoms with Gasteiger partial charge in [0.25, 0.3) is 0 Å². The molecule has 0 aromatic rings. The van der Waals surface area contributed by atoms with Gasteiger partial charge in [0, 0.05) is 0 Å². The van der Waals surface area contributed by atoms with Crippen LogP contribution in [-0.4, -0.2) is 0 Å². The quantitative estimate of drug-likeness (QED) is 0.397. The molecule has 1 fully saturated rings. The van der Waals surface area contributed by atoms with E-state index in [2.05, 4.69) is 6.58 Å². The van der Waals surface area contributed by atoms with Gasteiger partial charge in [-0.3, -0.25) is 0 Å². The number of hydrogen-bond donors (Lipinski definition) is 0. The van der Waals surface area contributed by atoms with E-state index in [4.69, 9.17) is 0 Å². The summed E-state index contributed by atoms with van der Waals surface area (Å²) in [7, 11) is 2.28. The Labute approximate surface area is 29.1 Å². The average Bonchev–Trinajstić information content (AvgIpc) is 1.75. The molecule has 1 saturated heterocycles. The highest BCUT2D eigenvalue weighted by Crippen LogP contribution is 2.71. The molecule has 0 aromatic carbocycles. The van der Waals surface area contributed by atoms with Crippen LogP contribution in [0.1, 0.15) is 0 Å². The predicted octanol–water partition coefficient (Wildman–Crippen LogP) is 1.74. The fraction of sp³-hybridized carbons (Fsp3) is 0. The van der Waals surface area contributed by atoms with Crippen molar-refractivity contribution in [3.63, 3.8) is 0 Å². The third-order valence-corrected chi connectivity index (χ3v) is 2.72. The van der Waals surface area contributed by atoms with Gasteiger partial charge in [0.2, 0.25) is 0 Å². The molecule has 0 spiro atoms. The first-order valence-electron chi connectivity index (χ1n) is 1.10. The highest BCUT2D eigenvalue weighted by molar-refractivity contribution is 8.34. The molecule has 0 bridgehead atoms. The standard InChI is InChI=1S/C2H4P2/c1-2-3-4-2/h3-4H,1H2. The zero-order valence-corrected chi connectivity index (χ0v) is 4.21. The maximum absolute atomic E-state index is 3.69. The van der Waals surface area contributed by atoms with Gasteiger partial charge >= 0.3 is 0 Å². The van der Waals surface area contributed by atoms with Crippen LogP contribution in [0.4, 0.5) is 0 Å². The molecule has 0 aliphatic carbocycles. The van der Waals surface area contributed by atoms with Crippen LogP contribution in [-0.2, 0) is 0 Å². The lowest BCUT2D eigenvalue weighted by Gasteiger charge is -1.32. The lowest BCUT2D eigenvalue weighted by Crippen LogP contribution is -0.985. The fourth-order valence-electron chi connectivity index (χ4n) is 0.0442. The van der Waals surface area contributed by atoms with Gasteiger partial charge in [-0.05, 0) is 5.06 Å². The molecule has 4 heavy (non-hydrogen) atoms. The Kier molecular flexibility index (Phi) is 0.547. The molecule has 0 radical (unpaired) electrons. The minimum absolute atomic E-state index is 1.14. The molecule has 1 aliphatic heterocycles. The molecule has 0 aromatic heterocycles. The van der Waals surface area contributed by atoms with E-state index in [1.54, 1.807) is 0 Å². The SMILES string of the molecule is C=C1PP1. The van der Waals surface area contributed by atoms with Crippen LogP contribution >= 0.6 is 16.5 Å². The van der Waals surface area contributed by atoms with Gasteiger partial charge in [0.15, 0.2) is 0 Å². The Balaban J connectivity index is 2.60. The molecule has 1 heterocycles. The van der Waals surface area contributed by atoms with Crippen molar-refractivity contribution in [1.82, 2.24) is 0 Å². The van der Waals surface area contributed by atoms with Crippen molar-refractivity contribution in [2.24, 2.45) is 0 Å². The molecule has 0 N–H and O–H groups in total.